The number of fused-ring (bicyclic) bond motifs is 1. The molecule has 7 nitrogen and oxygen atoms in total. The maximum Gasteiger partial charge on any atom is 0.336 e. The first-order valence-corrected chi connectivity index (χ1v) is 11.9. The number of benzene rings is 2. The van der Waals surface area contributed by atoms with Crippen molar-refractivity contribution in [2.24, 2.45) is 0 Å². The molecule has 9 heteroatoms. The molecule has 1 amide bonds. The molecular weight excluding hydrogens is 463 g/mol. The minimum atomic E-state index is -0.814. The molecular formula is C24H26Cl2N4O3. The van der Waals surface area contributed by atoms with E-state index in [1.54, 1.807) is 42.5 Å². The number of amides is 1. The summed E-state index contributed by atoms with van der Waals surface area (Å²) in [5.41, 5.74) is -0.559. The van der Waals surface area contributed by atoms with Crippen LogP contribution in [-0.2, 0) is 4.79 Å². The Labute approximate surface area is 201 Å². The van der Waals surface area contributed by atoms with E-state index in [-0.39, 0.29) is 22.0 Å². The molecule has 3 aromatic rings. The van der Waals surface area contributed by atoms with E-state index in [9.17, 15) is 14.4 Å². The first-order chi connectivity index (χ1) is 15.9. The van der Waals surface area contributed by atoms with Crippen LogP contribution in [0.1, 0.15) is 32.2 Å². The van der Waals surface area contributed by atoms with Gasteiger partial charge in [-0.05, 0) is 62.7 Å². The Morgan fingerprint density at radius 3 is 2.52 bits per heavy atom. The van der Waals surface area contributed by atoms with Crippen LogP contribution in [0.25, 0.3) is 16.6 Å². The largest absolute Gasteiger partial charge is 0.353 e. The molecule has 1 N–H and O–H groups in total. The fourth-order valence-corrected chi connectivity index (χ4v) is 4.78. The third-order valence-electron chi connectivity index (χ3n) is 6.07. The highest BCUT2D eigenvalue weighted by molar-refractivity contribution is 6.32. The molecule has 0 spiro atoms. The zero-order chi connectivity index (χ0) is 23.5. The summed E-state index contributed by atoms with van der Waals surface area (Å²) in [5.74, 6) is -0.274. The summed E-state index contributed by atoms with van der Waals surface area (Å²) in [6, 6.07) is 10.5. The van der Waals surface area contributed by atoms with Gasteiger partial charge in [-0.1, -0.05) is 42.3 Å². The average Bonchev–Trinajstić information content (AvgIpc) is 3.31. The van der Waals surface area contributed by atoms with E-state index in [0.717, 1.165) is 24.2 Å². The third-order valence-corrected chi connectivity index (χ3v) is 6.63. The number of para-hydroxylation sites is 1. The average molecular weight is 489 g/mol. The Hall–Kier alpha value is -2.61. The molecule has 0 saturated carbocycles. The minimum Gasteiger partial charge on any atom is -0.353 e. The van der Waals surface area contributed by atoms with E-state index in [0.29, 0.717) is 23.5 Å². The number of halogens is 2. The molecule has 1 atom stereocenters. The number of hydrogen-bond donors (Lipinski definition) is 1. The van der Waals surface area contributed by atoms with E-state index in [4.69, 9.17) is 23.2 Å². The number of aromatic nitrogens is 2. The smallest absolute Gasteiger partial charge is 0.336 e. The predicted octanol–water partition coefficient (Wildman–Crippen LogP) is 3.62. The van der Waals surface area contributed by atoms with Gasteiger partial charge in [0.05, 0.1) is 21.6 Å². The summed E-state index contributed by atoms with van der Waals surface area (Å²) in [6.45, 7) is 5.17. The monoisotopic (exact) mass is 488 g/mol. The van der Waals surface area contributed by atoms with Gasteiger partial charge in [0.2, 0.25) is 5.91 Å². The van der Waals surface area contributed by atoms with Crippen LogP contribution < -0.4 is 16.6 Å². The van der Waals surface area contributed by atoms with Crippen LogP contribution in [0.5, 0.6) is 0 Å². The number of carbonyl (C=O) groups excluding carboxylic acids is 1. The fraction of sp³-hybridized carbons (Fsp3) is 0.375. The number of nitrogens with zero attached hydrogens (tertiary/aromatic N) is 3. The summed E-state index contributed by atoms with van der Waals surface area (Å²) in [6.07, 6.45) is 2.71. The zero-order valence-corrected chi connectivity index (χ0v) is 19.9. The Morgan fingerprint density at radius 1 is 1.09 bits per heavy atom. The predicted molar refractivity (Wildman–Crippen MR) is 132 cm³/mol. The maximum atomic E-state index is 13.7. The highest BCUT2D eigenvalue weighted by Crippen LogP contribution is 2.23. The van der Waals surface area contributed by atoms with Gasteiger partial charge in [-0.15, -0.1) is 0 Å². The van der Waals surface area contributed by atoms with Gasteiger partial charge < -0.3 is 10.2 Å². The fourth-order valence-electron chi connectivity index (χ4n) is 4.40. The van der Waals surface area contributed by atoms with Crippen LogP contribution in [0, 0.1) is 0 Å². The van der Waals surface area contributed by atoms with Gasteiger partial charge in [-0.2, -0.15) is 0 Å². The van der Waals surface area contributed by atoms with Gasteiger partial charge in [0.1, 0.15) is 6.04 Å². The molecule has 33 heavy (non-hydrogen) atoms. The van der Waals surface area contributed by atoms with E-state index in [1.165, 1.54) is 17.4 Å². The van der Waals surface area contributed by atoms with Crippen molar-refractivity contribution >= 4 is 40.0 Å². The lowest BCUT2D eigenvalue weighted by Crippen LogP contribution is -2.45. The van der Waals surface area contributed by atoms with Crippen molar-refractivity contribution in [3.63, 3.8) is 0 Å². The minimum absolute atomic E-state index is 0.264. The summed E-state index contributed by atoms with van der Waals surface area (Å²) in [5, 5.41) is 3.88. The Bertz CT molecular complexity index is 1300. The molecule has 1 aliphatic heterocycles. The highest BCUT2D eigenvalue weighted by atomic mass is 35.5. The molecule has 1 aromatic heterocycles. The Morgan fingerprint density at radius 2 is 1.82 bits per heavy atom. The van der Waals surface area contributed by atoms with Gasteiger partial charge in [-0.25, -0.2) is 9.36 Å². The molecule has 0 radical (unpaired) electrons. The Balaban J connectivity index is 1.81. The summed E-state index contributed by atoms with van der Waals surface area (Å²) in [7, 11) is 0. The molecule has 4 rings (SSSR count). The topological polar surface area (TPSA) is 76.3 Å². The molecule has 174 valence electrons. The highest BCUT2D eigenvalue weighted by Gasteiger charge is 2.26. The maximum absolute atomic E-state index is 13.7. The molecule has 1 unspecified atom stereocenters. The van der Waals surface area contributed by atoms with E-state index < -0.39 is 17.3 Å². The van der Waals surface area contributed by atoms with Gasteiger partial charge in [0.25, 0.3) is 5.56 Å². The number of rotatable bonds is 7. The Kier molecular flexibility index (Phi) is 7.22. The summed E-state index contributed by atoms with van der Waals surface area (Å²) in [4.78, 5) is 42.5. The molecule has 0 aliphatic carbocycles. The van der Waals surface area contributed by atoms with E-state index in [2.05, 4.69) is 10.2 Å². The lowest BCUT2D eigenvalue weighted by atomic mass is 10.1. The van der Waals surface area contributed by atoms with Crippen molar-refractivity contribution in [1.82, 2.24) is 19.4 Å². The van der Waals surface area contributed by atoms with Crippen LogP contribution in [0.15, 0.2) is 52.1 Å². The lowest BCUT2D eigenvalue weighted by Gasteiger charge is -2.23. The summed E-state index contributed by atoms with van der Waals surface area (Å²) < 4.78 is 2.38. The molecule has 2 heterocycles. The SMILES string of the molecule is CCC(C(=O)NCCN1CCCC1)n1c(=O)n(-c2ccccc2Cl)c(=O)c2ccc(Cl)cc21. The lowest BCUT2D eigenvalue weighted by molar-refractivity contribution is -0.124. The molecule has 1 fully saturated rings. The second kappa shape index (κ2) is 10.1. The normalized spacial score (nSPS) is 15.1. The van der Waals surface area contributed by atoms with Crippen molar-refractivity contribution in [2.45, 2.75) is 32.2 Å². The second-order valence-corrected chi connectivity index (χ2v) is 9.01. The van der Waals surface area contributed by atoms with Gasteiger partial charge >= 0.3 is 5.69 Å². The first kappa shape index (κ1) is 23.5. The number of hydrogen-bond acceptors (Lipinski definition) is 4. The van der Waals surface area contributed by atoms with Crippen molar-refractivity contribution in [2.75, 3.05) is 26.2 Å². The van der Waals surface area contributed by atoms with Crippen LogP contribution >= 0.6 is 23.2 Å². The van der Waals surface area contributed by atoms with Crippen molar-refractivity contribution < 1.29 is 4.79 Å². The molecule has 2 aromatic carbocycles. The van der Waals surface area contributed by atoms with Crippen LogP contribution in [0.2, 0.25) is 10.0 Å². The number of nitrogens with one attached hydrogen (secondary N) is 1. The van der Waals surface area contributed by atoms with Crippen molar-refractivity contribution in [1.29, 1.82) is 0 Å². The standard InChI is InChI=1S/C24H26Cl2N4O3/c1-2-19(22(31)27-11-14-28-12-5-6-13-28)29-21-15-16(25)9-10-17(21)23(32)30(24(29)33)20-8-4-3-7-18(20)26/h3-4,7-10,15,19H,2,5-6,11-14H2,1H3,(H,27,31). The van der Waals surface area contributed by atoms with Crippen molar-refractivity contribution in [3.8, 4) is 5.69 Å². The number of likely N-dealkylation sites (tertiary alicyclic amines) is 1. The molecule has 1 aliphatic rings. The van der Waals surface area contributed by atoms with Crippen LogP contribution in [0.4, 0.5) is 0 Å². The molecule has 0 bridgehead atoms. The quantitative estimate of drug-likeness (QED) is 0.550. The van der Waals surface area contributed by atoms with E-state index >= 15 is 0 Å². The van der Waals surface area contributed by atoms with Gasteiger partial charge in [-0.3, -0.25) is 14.2 Å². The first-order valence-electron chi connectivity index (χ1n) is 11.1. The zero-order valence-electron chi connectivity index (χ0n) is 18.4. The third kappa shape index (κ3) is 4.71. The van der Waals surface area contributed by atoms with E-state index in [1.807, 2.05) is 6.92 Å². The van der Waals surface area contributed by atoms with Gasteiger partial charge in [0.15, 0.2) is 0 Å². The number of carbonyl (C=O) groups is 1. The van der Waals surface area contributed by atoms with Crippen LogP contribution in [0.3, 0.4) is 0 Å². The van der Waals surface area contributed by atoms with Crippen LogP contribution in [-0.4, -0.2) is 46.1 Å². The van der Waals surface area contributed by atoms with Gasteiger partial charge in [0, 0.05) is 18.1 Å². The van der Waals surface area contributed by atoms with Crippen molar-refractivity contribution in [3.05, 3.63) is 73.3 Å². The summed E-state index contributed by atoms with van der Waals surface area (Å²) >= 11 is 12.5. The second-order valence-electron chi connectivity index (χ2n) is 8.17. The molecule has 1 saturated heterocycles.